The highest BCUT2D eigenvalue weighted by Crippen LogP contribution is 2.33. The van der Waals surface area contributed by atoms with Gasteiger partial charge in [-0.2, -0.15) is 0 Å². The predicted octanol–water partition coefficient (Wildman–Crippen LogP) is 2.04. The highest BCUT2D eigenvalue weighted by Gasteiger charge is 2.17. The van der Waals surface area contributed by atoms with Crippen molar-refractivity contribution >= 4 is 6.08 Å². The summed E-state index contributed by atoms with van der Waals surface area (Å²) in [7, 11) is 0. The first kappa shape index (κ1) is 7.56. The summed E-state index contributed by atoms with van der Waals surface area (Å²) in [6.07, 6.45) is 4.79. The van der Waals surface area contributed by atoms with Crippen molar-refractivity contribution in [3.8, 4) is 11.3 Å². The third kappa shape index (κ3) is 0.940. The number of allylic oxidation sites excluding steroid dienone is 1. The van der Waals surface area contributed by atoms with Gasteiger partial charge in [-0.1, -0.05) is 18.2 Å². The van der Waals surface area contributed by atoms with Gasteiger partial charge in [0.25, 0.3) is 0 Å². The molecule has 2 nitrogen and oxygen atoms in total. The molecule has 0 unspecified atom stereocenters. The topological polar surface area (TPSA) is 38.9 Å². The second kappa shape index (κ2) is 2.58. The van der Waals surface area contributed by atoms with Crippen LogP contribution in [0.15, 0.2) is 36.2 Å². The maximum Gasteiger partial charge on any atom is 0.0711 e. The molecule has 0 saturated carbocycles. The number of rotatable bonds is 0. The lowest BCUT2D eigenvalue weighted by molar-refractivity contribution is 1.12. The van der Waals surface area contributed by atoms with Gasteiger partial charge in [-0.25, -0.2) is 0 Å². The van der Waals surface area contributed by atoms with E-state index in [9.17, 15) is 0 Å². The first-order valence-electron chi connectivity index (χ1n) is 4.67. The van der Waals surface area contributed by atoms with Gasteiger partial charge in [0, 0.05) is 23.9 Å². The molecular formula is C12H10N2. The van der Waals surface area contributed by atoms with Gasteiger partial charge in [0.1, 0.15) is 0 Å². The fourth-order valence-corrected chi connectivity index (χ4v) is 2.01. The SMILES string of the molecule is NC1=Cc2ccccc3ncc(c2-3)C1. The van der Waals surface area contributed by atoms with E-state index >= 15 is 0 Å². The molecular weight excluding hydrogens is 172 g/mol. The lowest BCUT2D eigenvalue weighted by atomic mass is 9.95. The molecule has 1 aliphatic heterocycles. The molecule has 2 N–H and O–H groups in total. The van der Waals surface area contributed by atoms with Gasteiger partial charge in [0.05, 0.1) is 5.69 Å². The van der Waals surface area contributed by atoms with Crippen molar-refractivity contribution < 1.29 is 0 Å². The van der Waals surface area contributed by atoms with Crippen LogP contribution < -0.4 is 5.73 Å². The quantitative estimate of drug-likeness (QED) is 0.677. The molecule has 0 radical (unpaired) electrons. The van der Waals surface area contributed by atoms with E-state index in [1.165, 1.54) is 16.7 Å². The lowest BCUT2D eigenvalue weighted by Gasteiger charge is -2.10. The summed E-state index contributed by atoms with van der Waals surface area (Å²) >= 11 is 0. The van der Waals surface area contributed by atoms with Crippen molar-refractivity contribution in [2.45, 2.75) is 6.42 Å². The molecule has 3 rings (SSSR count). The highest BCUT2D eigenvalue weighted by molar-refractivity contribution is 5.80. The molecule has 0 aromatic carbocycles. The smallest absolute Gasteiger partial charge is 0.0711 e. The van der Waals surface area contributed by atoms with Gasteiger partial charge >= 0.3 is 0 Å². The summed E-state index contributed by atoms with van der Waals surface area (Å²) in [4.78, 5) is 4.38. The molecule has 0 saturated heterocycles. The van der Waals surface area contributed by atoms with Crippen LogP contribution in [0, 0.1) is 0 Å². The van der Waals surface area contributed by atoms with Crippen LogP contribution in [0.5, 0.6) is 0 Å². The van der Waals surface area contributed by atoms with Gasteiger partial charge in [0.15, 0.2) is 0 Å². The molecule has 1 heterocycles. The maximum atomic E-state index is 5.86. The molecule has 68 valence electrons. The summed E-state index contributed by atoms with van der Waals surface area (Å²) in [6.45, 7) is 0. The van der Waals surface area contributed by atoms with Gasteiger partial charge in [-0.05, 0) is 23.3 Å². The second-order valence-electron chi connectivity index (χ2n) is 3.61. The van der Waals surface area contributed by atoms with Crippen LogP contribution in [0.4, 0.5) is 0 Å². The molecule has 0 aromatic rings. The van der Waals surface area contributed by atoms with Crippen LogP contribution in [0.1, 0.15) is 11.1 Å². The first-order chi connectivity index (χ1) is 6.84. The monoisotopic (exact) mass is 182 g/mol. The number of aromatic nitrogens is 1. The summed E-state index contributed by atoms with van der Waals surface area (Å²) < 4.78 is 0. The molecule has 3 aliphatic rings. The Balaban J connectivity index is 2.40. The van der Waals surface area contributed by atoms with Crippen molar-refractivity contribution in [3.63, 3.8) is 0 Å². The number of nitrogens with zero attached hydrogens (tertiary/aromatic N) is 1. The average Bonchev–Trinajstić information content (AvgIpc) is 2.43. The molecule has 2 heteroatoms. The standard InChI is InChI=1S/C12H10N2/c13-10-5-8-3-1-2-4-11-12(8)9(6-10)7-14-11/h1-5,7H,6,13H2. The molecule has 0 aromatic heterocycles. The van der Waals surface area contributed by atoms with Crippen molar-refractivity contribution in [3.05, 3.63) is 47.3 Å². The van der Waals surface area contributed by atoms with Gasteiger partial charge in [-0.15, -0.1) is 0 Å². The maximum absolute atomic E-state index is 5.86. The zero-order valence-corrected chi connectivity index (χ0v) is 7.70. The van der Waals surface area contributed by atoms with Crippen molar-refractivity contribution in [2.75, 3.05) is 0 Å². The second-order valence-corrected chi connectivity index (χ2v) is 3.61. The van der Waals surface area contributed by atoms with E-state index in [0.29, 0.717) is 0 Å². The third-order valence-corrected chi connectivity index (χ3v) is 2.60. The summed E-state index contributed by atoms with van der Waals surface area (Å²) in [5.74, 6) is 0. The Morgan fingerprint density at radius 3 is 3.00 bits per heavy atom. The summed E-state index contributed by atoms with van der Waals surface area (Å²) in [5, 5.41) is 0. The van der Waals surface area contributed by atoms with Crippen molar-refractivity contribution in [1.82, 2.24) is 4.98 Å². The molecule has 0 fully saturated rings. The molecule has 2 aliphatic carbocycles. The Bertz CT molecular complexity index is 500. The molecule has 0 amide bonds. The van der Waals surface area contributed by atoms with E-state index in [2.05, 4.69) is 11.1 Å². The first-order valence-corrected chi connectivity index (χ1v) is 4.67. The normalized spacial score (nSPS) is 14.1. The van der Waals surface area contributed by atoms with Crippen LogP contribution in [0.25, 0.3) is 17.3 Å². The van der Waals surface area contributed by atoms with E-state index < -0.39 is 0 Å². The van der Waals surface area contributed by atoms with Crippen molar-refractivity contribution in [2.24, 2.45) is 5.73 Å². The fourth-order valence-electron chi connectivity index (χ4n) is 2.01. The minimum atomic E-state index is 0.827. The number of hydrogen-bond acceptors (Lipinski definition) is 2. The van der Waals surface area contributed by atoms with Crippen LogP contribution in [0.3, 0.4) is 0 Å². The van der Waals surface area contributed by atoms with Gasteiger partial charge in [-0.3, -0.25) is 4.98 Å². The summed E-state index contributed by atoms with van der Waals surface area (Å²) in [6, 6.07) is 8.16. The zero-order chi connectivity index (χ0) is 9.54. The van der Waals surface area contributed by atoms with Crippen LogP contribution in [-0.2, 0) is 6.42 Å². The largest absolute Gasteiger partial charge is 0.402 e. The average molecular weight is 182 g/mol. The Kier molecular flexibility index (Phi) is 1.39. The van der Waals surface area contributed by atoms with E-state index in [4.69, 9.17) is 5.73 Å². The number of hydrogen-bond donors (Lipinski definition) is 1. The lowest BCUT2D eigenvalue weighted by Crippen LogP contribution is -2.05. The Morgan fingerprint density at radius 2 is 2.07 bits per heavy atom. The van der Waals surface area contributed by atoms with Gasteiger partial charge in [0.2, 0.25) is 0 Å². The Hall–Kier alpha value is -1.83. The molecule has 0 bridgehead atoms. The minimum absolute atomic E-state index is 0.827. The fraction of sp³-hybridized carbons (Fsp3) is 0.0833. The number of nitrogens with two attached hydrogens (primary N) is 1. The van der Waals surface area contributed by atoms with E-state index in [1.54, 1.807) is 0 Å². The Morgan fingerprint density at radius 1 is 1.21 bits per heavy atom. The van der Waals surface area contributed by atoms with Gasteiger partial charge < -0.3 is 5.73 Å². The van der Waals surface area contributed by atoms with Crippen LogP contribution in [-0.4, -0.2) is 4.98 Å². The molecule has 0 atom stereocenters. The third-order valence-electron chi connectivity index (χ3n) is 2.60. The van der Waals surface area contributed by atoms with Crippen LogP contribution in [0.2, 0.25) is 0 Å². The predicted molar refractivity (Wildman–Crippen MR) is 56.7 cm³/mol. The van der Waals surface area contributed by atoms with E-state index in [1.807, 2.05) is 30.5 Å². The van der Waals surface area contributed by atoms with E-state index in [0.717, 1.165) is 17.8 Å². The zero-order valence-electron chi connectivity index (χ0n) is 7.70. The minimum Gasteiger partial charge on any atom is -0.402 e. The highest BCUT2D eigenvalue weighted by atomic mass is 14.7. The Labute approximate surface area is 82.4 Å². The summed E-state index contributed by atoms with van der Waals surface area (Å²) in [5.41, 5.74) is 11.5. The molecule has 0 spiro atoms. The van der Waals surface area contributed by atoms with Crippen molar-refractivity contribution in [1.29, 1.82) is 0 Å². The van der Waals surface area contributed by atoms with E-state index in [-0.39, 0.29) is 0 Å². The van der Waals surface area contributed by atoms with Crippen LogP contribution >= 0.6 is 0 Å². The molecule has 14 heavy (non-hydrogen) atoms.